The first-order valence-corrected chi connectivity index (χ1v) is 9.49. The van der Waals surface area contributed by atoms with Gasteiger partial charge in [-0.05, 0) is 59.2 Å². The minimum absolute atomic E-state index is 0.290. The monoisotopic (exact) mass is 433 g/mol. The summed E-state index contributed by atoms with van der Waals surface area (Å²) >= 11 is 0. The first-order chi connectivity index (χ1) is 13.5. The van der Waals surface area contributed by atoms with E-state index in [-0.39, 0.29) is 6.61 Å². The number of rotatable bonds is 6. The van der Waals surface area contributed by atoms with Gasteiger partial charge < -0.3 is 19.9 Å². The van der Waals surface area contributed by atoms with Gasteiger partial charge in [0.15, 0.2) is 0 Å². The van der Waals surface area contributed by atoms with Gasteiger partial charge in [-0.2, -0.15) is 13.2 Å². The highest BCUT2D eigenvalue weighted by atomic mass is 19.4. The van der Waals surface area contributed by atoms with Gasteiger partial charge in [-0.15, -0.1) is 0 Å². The third-order valence-electron chi connectivity index (χ3n) is 4.06. The van der Waals surface area contributed by atoms with Crippen LogP contribution in [0.3, 0.4) is 0 Å². The van der Waals surface area contributed by atoms with Crippen molar-refractivity contribution >= 4 is 12.1 Å². The van der Waals surface area contributed by atoms with Crippen molar-refractivity contribution in [2.24, 2.45) is 5.41 Å². The zero-order valence-electron chi connectivity index (χ0n) is 18.1. The lowest BCUT2D eigenvalue weighted by molar-refractivity contribution is -0.154. The molecule has 0 spiro atoms. The molecule has 0 aliphatic rings. The van der Waals surface area contributed by atoms with Crippen LogP contribution in [0.25, 0.3) is 0 Å². The van der Waals surface area contributed by atoms with Crippen LogP contribution in [0.15, 0.2) is 24.3 Å². The van der Waals surface area contributed by atoms with Crippen LogP contribution in [-0.2, 0) is 20.4 Å². The summed E-state index contributed by atoms with van der Waals surface area (Å²) in [6, 6.07) is 3.30. The number of esters is 1. The summed E-state index contributed by atoms with van der Waals surface area (Å²) in [5, 5.41) is 12.4. The van der Waals surface area contributed by atoms with Crippen LogP contribution >= 0.6 is 0 Å². The van der Waals surface area contributed by atoms with E-state index in [1.165, 1.54) is 12.1 Å². The Morgan fingerprint density at radius 1 is 1.03 bits per heavy atom. The predicted molar refractivity (Wildman–Crippen MR) is 105 cm³/mol. The molecule has 6 nitrogen and oxygen atoms in total. The molecule has 170 valence electrons. The maximum absolute atomic E-state index is 12.8. The fourth-order valence-corrected chi connectivity index (χ4v) is 2.48. The topological polar surface area (TPSA) is 84.9 Å². The van der Waals surface area contributed by atoms with Gasteiger partial charge in [0.25, 0.3) is 0 Å². The molecule has 0 unspecified atom stereocenters. The second kappa shape index (κ2) is 9.68. The average Bonchev–Trinajstić information content (AvgIpc) is 2.57. The zero-order valence-corrected chi connectivity index (χ0v) is 18.1. The minimum Gasteiger partial charge on any atom is -0.463 e. The fraction of sp³-hybridized carbons (Fsp3) is 0.619. The van der Waals surface area contributed by atoms with Crippen LogP contribution in [0.4, 0.5) is 18.0 Å². The number of hydrogen-bond donors (Lipinski definition) is 2. The van der Waals surface area contributed by atoms with Crippen molar-refractivity contribution in [1.82, 2.24) is 5.32 Å². The predicted octanol–water partition coefficient (Wildman–Crippen LogP) is 4.26. The molecule has 2 atom stereocenters. The highest BCUT2D eigenvalue weighted by Crippen LogP contribution is 2.31. The highest BCUT2D eigenvalue weighted by Gasteiger charge is 2.33. The van der Waals surface area contributed by atoms with Gasteiger partial charge in [0.1, 0.15) is 12.2 Å². The third kappa shape index (κ3) is 8.22. The lowest BCUT2D eigenvalue weighted by Crippen LogP contribution is -2.46. The van der Waals surface area contributed by atoms with Crippen molar-refractivity contribution in [2.75, 3.05) is 13.2 Å². The van der Waals surface area contributed by atoms with Crippen LogP contribution in [0.1, 0.15) is 58.6 Å². The summed E-state index contributed by atoms with van der Waals surface area (Å²) in [6.07, 6.45) is -5.30. The number of ether oxygens (including phenoxy) is 2. The second-order valence-electron chi connectivity index (χ2n) is 9.01. The Kier molecular flexibility index (Phi) is 8.31. The number of carbonyl (C=O) groups excluding carboxylic acids is 2. The van der Waals surface area contributed by atoms with Gasteiger partial charge in [-0.1, -0.05) is 12.1 Å². The Labute approximate surface area is 174 Å². The molecule has 0 aromatic heterocycles. The van der Waals surface area contributed by atoms with Crippen molar-refractivity contribution < 1.29 is 37.3 Å². The van der Waals surface area contributed by atoms with Crippen molar-refractivity contribution in [3.8, 4) is 0 Å². The van der Waals surface area contributed by atoms with Gasteiger partial charge in [-0.25, -0.2) is 4.79 Å². The number of halogens is 3. The summed E-state index contributed by atoms with van der Waals surface area (Å²) in [5.41, 5.74) is -2.07. The van der Waals surface area contributed by atoms with Crippen molar-refractivity contribution in [1.29, 1.82) is 0 Å². The quantitative estimate of drug-likeness (QED) is 0.655. The van der Waals surface area contributed by atoms with Gasteiger partial charge in [0.05, 0.1) is 23.6 Å². The number of amides is 1. The summed E-state index contributed by atoms with van der Waals surface area (Å²) in [5.74, 6) is -1.35. The molecule has 0 aliphatic carbocycles. The van der Waals surface area contributed by atoms with E-state index in [9.17, 15) is 27.9 Å². The lowest BCUT2D eigenvalue weighted by Gasteiger charge is -2.29. The van der Waals surface area contributed by atoms with Gasteiger partial charge in [-0.3, -0.25) is 4.79 Å². The minimum atomic E-state index is -4.50. The molecule has 1 rings (SSSR count). The number of aliphatic hydroxyl groups excluding tert-OH is 1. The summed E-state index contributed by atoms with van der Waals surface area (Å²) in [4.78, 5) is 24.4. The zero-order chi connectivity index (χ0) is 23.3. The molecule has 0 radical (unpaired) electrons. The number of aliphatic hydroxyl groups is 1. The van der Waals surface area contributed by atoms with Gasteiger partial charge >= 0.3 is 18.2 Å². The SMILES string of the molecule is CC(C)(C)OC(=O)N[C@H](COC(=O)C(C)(C)C)[C@@H](CO)c1ccc(C(F)(F)F)cc1. The van der Waals surface area contributed by atoms with Crippen LogP contribution in [0, 0.1) is 5.41 Å². The number of nitrogens with one attached hydrogen (secondary N) is 1. The van der Waals surface area contributed by atoms with E-state index in [2.05, 4.69) is 5.32 Å². The number of benzene rings is 1. The molecule has 0 saturated carbocycles. The van der Waals surface area contributed by atoms with E-state index < -0.39 is 53.4 Å². The van der Waals surface area contributed by atoms with Crippen LogP contribution in [0.2, 0.25) is 0 Å². The summed E-state index contributed by atoms with van der Waals surface area (Å²) in [6.45, 7) is 9.18. The third-order valence-corrected chi connectivity index (χ3v) is 4.06. The smallest absolute Gasteiger partial charge is 0.416 e. The highest BCUT2D eigenvalue weighted by molar-refractivity contribution is 5.75. The largest absolute Gasteiger partial charge is 0.463 e. The van der Waals surface area contributed by atoms with E-state index >= 15 is 0 Å². The second-order valence-corrected chi connectivity index (χ2v) is 9.01. The van der Waals surface area contributed by atoms with Crippen LogP contribution in [0.5, 0.6) is 0 Å². The van der Waals surface area contributed by atoms with Crippen molar-refractivity contribution in [2.45, 2.75) is 65.3 Å². The van der Waals surface area contributed by atoms with E-state index in [0.717, 1.165) is 12.1 Å². The lowest BCUT2D eigenvalue weighted by atomic mass is 9.91. The maximum atomic E-state index is 12.8. The number of carbonyl (C=O) groups is 2. The molecule has 0 fully saturated rings. The Hall–Kier alpha value is -2.29. The van der Waals surface area contributed by atoms with E-state index in [1.807, 2.05) is 0 Å². The molecule has 9 heteroatoms. The average molecular weight is 433 g/mol. The standard InChI is InChI=1S/C21H30F3NO5/c1-19(2,3)17(27)29-12-16(25-18(28)30-20(4,5)6)15(11-26)13-7-9-14(10-8-13)21(22,23)24/h7-10,15-16,26H,11-12H2,1-6H3,(H,25,28)/t15-,16+/m0/s1. The molecule has 2 N–H and O–H groups in total. The van der Waals surface area contributed by atoms with E-state index in [4.69, 9.17) is 9.47 Å². The Morgan fingerprint density at radius 3 is 1.97 bits per heavy atom. The summed E-state index contributed by atoms with van der Waals surface area (Å²) in [7, 11) is 0. The molecule has 1 aromatic carbocycles. The molecular formula is C21H30F3NO5. The fourth-order valence-electron chi connectivity index (χ4n) is 2.48. The summed E-state index contributed by atoms with van der Waals surface area (Å²) < 4.78 is 49.0. The normalized spacial score (nSPS) is 14.6. The Bertz CT molecular complexity index is 718. The number of alkyl halides is 3. The van der Waals surface area contributed by atoms with Gasteiger partial charge in [0.2, 0.25) is 0 Å². The molecular weight excluding hydrogens is 403 g/mol. The first-order valence-electron chi connectivity index (χ1n) is 9.49. The van der Waals surface area contributed by atoms with Crippen molar-refractivity contribution in [3.05, 3.63) is 35.4 Å². The van der Waals surface area contributed by atoms with E-state index in [1.54, 1.807) is 41.5 Å². The number of alkyl carbamates (subject to hydrolysis) is 1. The van der Waals surface area contributed by atoms with Crippen LogP contribution < -0.4 is 5.32 Å². The van der Waals surface area contributed by atoms with Crippen LogP contribution in [-0.4, -0.2) is 42.0 Å². The van der Waals surface area contributed by atoms with E-state index in [0.29, 0.717) is 5.56 Å². The van der Waals surface area contributed by atoms with Crippen molar-refractivity contribution in [3.63, 3.8) is 0 Å². The molecule has 0 heterocycles. The molecule has 1 aromatic rings. The first kappa shape index (κ1) is 25.7. The van der Waals surface area contributed by atoms with Gasteiger partial charge in [0, 0.05) is 5.92 Å². The Morgan fingerprint density at radius 2 is 1.57 bits per heavy atom. The number of hydrogen-bond acceptors (Lipinski definition) is 5. The maximum Gasteiger partial charge on any atom is 0.416 e. The Balaban J connectivity index is 3.11. The molecule has 0 saturated heterocycles. The molecule has 1 amide bonds. The molecule has 30 heavy (non-hydrogen) atoms. The molecule has 0 aliphatic heterocycles. The molecule has 0 bridgehead atoms.